The summed E-state index contributed by atoms with van der Waals surface area (Å²) < 4.78 is 42.2. The number of methoxy groups -OCH3 is 1. The SMILES string of the molecule is COc1c(C)ccc(C(F)(F)F)c1C. The van der Waals surface area contributed by atoms with Gasteiger partial charge in [-0.15, -0.1) is 0 Å². The number of rotatable bonds is 1. The lowest BCUT2D eigenvalue weighted by molar-refractivity contribution is -0.138. The van der Waals surface area contributed by atoms with Crippen LogP contribution in [0.4, 0.5) is 13.2 Å². The molecule has 0 aliphatic heterocycles. The minimum absolute atomic E-state index is 0.139. The van der Waals surface area contributed by atoms with Gasteiger partial charge in [0.1, 0.15) is 5.75 Å². The quantitative estimate of drug-likeness (QED) is 0.681. The Hall–Kier alpha value is -1.19. The highest BCUT2D eigenvalue weighted by Crippen LogP contribution is 2.36. The zero-order chi connectivity index (χ0) is 10.9. The minimum Gasteiger partial charge on any atom is -0.496 e. The molecule has 0 atom stereocenters. The van der Waals surface area contributed by atoms with Gasteiger partial charge < -0.3 is 4.74 Å². The van der Waals surface area contributed by atoms with Crippen LogP contribution in [-0.4, -0.2) is 7.11 Å². The maximum absolute atomic E-state index is 12.4. The van der Waals surface area contributed by atoms with Gasteiger partial charge >= 0.3 is 6.18 Å². The average Bonchev–Trinajstić information content (AvgIpc) is 2.02. The molecule has 0 bridgehead atoms. The first-order valence-electron chi connectivity index (χ1n) is 4.09. The molecule has 0 N–H and O–H groups in total. The van der Waals surface area contributed by atoms with Crippen molar-refractivity contribution in [2.24, 2.45) is 0 Å². The van der Waals surface area contributed by atoms with Crippen molar-refractivity contribution in [2.45, 2.75) is 20.0 Å². The Morgan fingerprint density at radius 1 is 1.14 bits per heavy atom. The molecule has 1 aromatic carbocycles. The monoisotopic (exact) mass is 204 g/mol. The molecule has 0 saturated carbocycles. The van der Waals surface area contributed by atoms with Crippen molar-refractivity contribution in [2.75, 3.05) is 7.11 Å². The lowest BCUT2D eigenvalue weighted by Gasteiger charge is -2.14. The van der Waals surface area contributed by atoms with Crippen LogP contribution >= 0.6 is 0 Å². The molecule has 0 saturated heterocycles. The number of hydrogen-bond acceptors (Lipinski definition) is 1. The maximum atomic E-state index is 12.4. The Morgan fingerprint density at radius 2 is 1.71 bits per heavy atom. The van der Waals surface area contributed by atoms with Crippen LogP contribution in [0.2, 0.25) is 0 Å². The largest absolute Gasteiger partial charge is 0.496 e. The molecule has 0 aromatic heterocycles. The van der Waals surface area contributed by atoms with E-state index in [1.54, 1.807) is 6.92 Å². The Bertz CT molecular complexity index is 342. The topological polar surface area (TPSA) is 9.23 Å². The van der Waals surface area contributed by atoms with Crippen LogP contribution in [-0.2, 0) is 6.18 Å². The first kappa shape index (κ1) is 10.9. The molecule has 0 unspecified atom stereocenters. The van der Waals surface area contributed by atoms with Gasteiger partial charge in [-0.3, -0.25) is 0 Å². The van der Waals surface area contributed by atoms with Crippen molar-refractivity contribution in [1.29, 1.82) is 0 Å². The van der Waals surface area contributed by atoms with E-state index in [0.29, 0.717) is 11.3 Å². The number of ether oxygens (including phenoxy) is 1. The number of aryl methyl sites for hydroxylation is 1. The van der Waals surface area contributed by atoms with E-state index >= 15 is 0 Å². The van der Waals surface area contributed by atoms with Gasteiger partial charge in [0.25, 0.3) is 0 Å². The Balaban J connectivity index is 3.36. The zero-order valence-electron chi connectivity index (χ0n) is 8.20. The van der Waals surface area contributed by atoms with Crippen LogP contribution in [0.1, 0.15) is 16.7 Å². The second-order valence-corrected chi connectivity index (χ2v) is 3.09. The summed E-state index contributed by atoms with van der Waals surface area (Å²) in [6, 6.07) is 2.49. The van der Waals surface area contributed by atoms with E-state index in [1.807, 2.05) is 0 Å². The first-order valence-corrected chi connectivity index (χ1v) is 4.09. The number of benzene rings is 1. The van der Waals surface area contributed by atoms with E-state index in [0.717, 1.165) is 6.07 Å². The summed E-state index contributed by atoms with van der Waals surface area (Å²) in [6.45, 7) is 3.13. The van der Waals surface area contributed by atoms with Crippen LogP contribution in [0.5, 0.6) is 5.75 Å². The summed E-state index contributed by atoms with van der Waals surface area (Å²) in [5.74, 6) is 0.305. The van der Waals surface area contributed by atoms with Crippen molar-refractivity contribution >= 4 is 0 Å². The molecule has 0 amide bonds. The van der Waals surface area contributed by atoms with Crippen molar-refractivity contribution in [3.63, 3.8) is 0 Å². The van der Waals surface area contributed by atoms with Crippen LogP contribution in [0.15, 0.2) is 12.1 Å². The highest BCUT2D eigenvalue weighted by atomic mass is 19.4. The second kappa shape index (κ2) is 3.52. The zero-order valence-corrected chi connectivity index (χ0v) is 8.20. The lowest BCUT2D eigenvalue weighted by Crippen LogP contribution is -2.08. The highest BCUT2D eigenvalue weighted by Gasteiger charge is 2.33. The van der Waals surface area contributed by atoms with Gasteiger partial charge in [-0.05, 0) is 25.5 Å². The number of alkyl halides is 3. The van der Waals surface area contributed by atoms with E-state index < -0.39 is 11.7 Å². The Kier molecular flexibility index (Phi) is 2.73. The van der Waals surface area contributed by atoms with E-state index in [-0.39, 0.29) is 5.56 Å². The molecule has 4 heteroatoms. The molecule has 0 fully saturated rings. The molecule has 14 heavy (non-hydrogen) atoms. The highest BCUT2D eigenvalue weighted by molar-refractivity contribution is 5.46. The third kappa shape index (κ3) is 1.84. The van der Waals surface area contributed by atoms with E-state index in [2.05, 4.69) is 0 Å². The van der Waals surface area contributed by atoms with Gasteiger partial charge in [0, 0.05) is 5.56 Å². The predicted molar refractivity (Wildman–Crippen MR) is 47.5 cm³/mol. The summed E-state index contributed by atoms with van der Waals surface area (Å²) >= 11 is 0. The Labute approximate surface area is 80.5 Å². The fourth-order valence-electron chi connectivity index (χ4n) is 1.45. The van der Waals surface area contributed by atoms with Gasteiger partial charge in [-0.25, -0.2) is 0 Å². The maximum Gasteiger partial charge on any atom is 0.416 e. The molecule has 0 radical (unpaired) electrons. The molecular weight excluding hydrogens is 193 g/mol. The van der Waals surface area contributed by atoms with Crippen LogP contribution in [0.3, 0.4) is 0 Å². The fraction of sp³-hybridized carbons (Fsp3) is 0.400. The predicted octanol–water partition coefficient (Wildman–Crippen LogP) is 3.33. The number of halogens is 3. The molecule has 0 aliphatic rings. The summed E-state index contributed by atoms with van der Waals surface area (Å²) in [5.41, 5.74) is 0.206. The molecule has 1 aromatic rings. The standard InChI is InChI=1S/C10H11F3O/c1-6-4-5-8(10(11,12)13)7(2)9(6)14-3/h4-5H,1-3H3. The molecule has 0 heterocycles. The van der Waals surface area contributed by atoms with Crippen LogP contribution in [0, 0.1) is 13.8 Å². The molecule has 78 valence electrons. The molecule has 0 aliphatic carbocycles. The fourth-order valence-corrected chi connectivity index (χ4v) is 1.45. The summed E-state index contributed by atoms with van der Waals surface area (Å²) in [6.07, 6.45) is -4.31. The summed E-state index contributed by atoms with van der Waals surface area (Å²) in [7, 11) is 1.37. The lowest BCUT2D eigenvalue weighted by atomic mass is 10.0. The summed E-state index contributed by atoms with van der Waals surface area (Å²) in [5, 5.41) is 0. The van der Waals surface area contributed by atoms with Gasteiger partial charge in [-0.2, -0.15) is 13.2 Å². The van der Waals surface area contributed by atoms with E-state index in [1.165, 1.54) is 20.1 Å². The van der Waals surface area contributed by atoms with Gasteiger partial charge in [-0.1, -0.05) is 6.07 Å². The van der Waals surface area contributed by atoms with Gasteiger partial charge in [0.15, 0.2) is 0 Å². The molecule has 1 nitrogen and oxygen atoms in total. The normalized spacial score (nSPS) is 11.6. The van der Waals surface area contributed by atoms with Crippen molar-refractivity contribution in [1.82, 2.24) is 0 Å². The van der Waals surface area contributed by atoms with Gasteiger partial charge in [0.05, 0.1) is 12.7 Å². The van der Waals surface area contributed by atoms with Crippen molar-refractivity contribution in [3.8, 4) is 5.75 Å². The smallest absolute Gasteiger partial charge is 0.416 e. The van der Waals surface area contributed by atoms with Crippen LogP contribution < -0.4 is 4.74 Å². The van der Waals surface area contributed by atoms with Gasteiger partial charge in [0.2, 0.25) is 0 Å². The average molecular weight is 204 g/mol. The second-order valence-electron chi connectivity index (χ2n) is 3.09. The van der Waals surface area contributed by atoms with E-state index in [4.69, 9.17) is 4.74 Å². The van der Waals surface area contributed by atoms with Crippen LogP contribution in [0.25, 0.3) is 0 Å². The number of hydrogen-bond donors (Lipinski definition) is 0. The third-order valence-electron chi connectivity index (χ3n) is 2.11. The Morgan fingerprint density at radius 3 is 2.14 bits per heavy atom. The van der Waals surface area contributed by atoms with E-state index in [9.17, 15) is 13.2 Å². The minimum atomic E-state index is -4.31. The third-order valence-corrected chi connectivity index (χ3v) is 2.11. The van der Waals surface area contributed by atoms with Crippen molar-refractivity contribution < 1.29 is 17.9 Å². The van der Waals surface area contributed by atoms with Crippen molar-refractivity contribution in [3.05, 3.63) is 28.8 Å². The molecular formula is C10H11F3O. The summed E-state index contributed by atoms with van der Waals surface area (Å²) in [4.78, 5) is 0. The first-order chi connectivity index (χ1) is 6.38. The molecule has 1 rings (SSSR count). The molecule has 0 spiro atoms.